The zero-order valence-corrected chi connectivity index (χ0v) is 33.1. The van der Waals surface area contributed by atoms with Gasteiger partial charge in [0, 0.05) is 0 Å². The van der Waals surface area contributed by atoms with Gasteiger partial charge in [0.2, 0.25) is 0 Å². The standard InChI is InChI=1S/3C16H12F3NO/c17-16(18,19)14-7-3-4-8-15(14)21-11-13-6-2-1-5-12(13)9-10-20;17-16(18,19)14-6-3-7-15(10-14)21-11-13-5-2-1-4-12(13)8-9-20;17-16(18,19)14-5-7-15(8-6-14)21-11-13-4-2-1-3-12(13)9-10-20/h1-8H,9,11H2;1-7,10H,8,11H2;1-8H,9,11H2. The Morgan fingerprint density at radius 2 is 0.762 bits per heavy atom. The van der Waals surface area contributed by atoms with Crippen molar-refractivity contribution in [2.75, 3.05) is 0 Å². The minimum absolute atomic E-state index is 0.00898. The fourth-order valence-electron chi connectivity index (χ4n) is 5.67. The summed E-state index contributed by atoms with van der Waals surface area (Å²) in [6, 6.07) is 42.0. The van der Waals surface area contributed by atoms with Gasteiger partial charge in [0.1, 0.15) is 37.1 Å². The van der Waals surface area contributed by atoms with Gasteiger partial charge in [0.15, 0.2) is 0 Å². The van der Waals surface area contributed by atoms with Gasteiger partial charge in [-0.05, 0) is 88.0 Å². The van der Waals surface area contributed by atoms with Gasteiger partial charge < -0.3 is 14.2 Å². The first-order chi connectivity index (χ1) is 30.0. The second-order valence-electron chi connectivity index (χ2n) is 13.2. The summed E-state index contributed by atoms with van der Waals surface area (Å²) in [6.45, 7) is 0.327. The van der Waals surface area contributed by atoms with Crippen molar-refractivity contribution in [2.45, 2.75) is 57.6 Å². The van der Waals surface area contributed by atoms with E-state index in [1.54, 1.807) is 48.5 Å². The summed E-state index contributed by atoms with van der Waals surface area (Å²) in [4.78, 5) is 0. The molecule has 0 aliphatic rings. The molecule has 0 radical (unpaired) electrons. The van der Waals surface area contributed by atoms with E-state index < -0.39 is 35.2 Å². The van der Waals surface area contributed by atoms with Crippen LogP contribution in [0.3, 0.4) is 0 Å². The predicted molar refractivity (Wildman–Crippen MR) is 215 cm³/mol. The van der Waals surface area contributed by atoms with Gasteiger partial charge in [-0.1, -0.05) is 91.0 Å². The first kappa shape index (κ1) is 48.2. The molecule has 0 N–H and O–H groups in total. The molecular formula is C48H36F9N3O3. The lowest BCUT2D eigenvalue weighted by atomic mass is 10.1. The molecule has 324 valence electrons. The van der Waals surface area contributed by atoms with Crippen molar-refractivity contribution in [3.05, 3.63) is 196 Å². The third-order valence-corrected chi connectivity index (χ3v) is 8.87. The number of rotatable bonds is 12. The van der Waals surface area contributed by atoms with Crippen LogP contribution in [0.2, 0.25) is 0 Å². The van der Waals surface area contributed by atoms with E-state index in [1.807, 2.05) is 36.4 Å². The predicted octanol–water partition coefficient (Wildman–Crippen LogP) is 13.1. The van der Waals surface area contributed by atoms with E-state index >= 15 is 0 Å². The maximum Gasteiger partial charge on any atom is 0.419 e. The first-order valence-electron chi connectivity index (χ1n) is 18.7. The van der Waals surface area contributed by atoms with Gasteiger partial charge in [-0.25, -0.2) is 0 Å². The molecule has 0 fully saturated rings. The number of nitrogens with zero attached hydrogens (tertiary/aromatic N) is 3. The van der Waals surface area contributed by atoms with E-state index in [4.69, 9.17) is 30.0 Å². The highest BCUT2D eigenvalue weighted by Gasteiger charge is 2.34. The van der Waals surface area contributed by atoms with Crippen LogP contribution in [0, 0.1) is 34.0 Å². The highest BCUT2D eigenvalue weighted by Crippen LogP contribution is 2.36. The van der Waals surface area contributed by atoms with Crippen molar-refractivity contribution >= 4 is 0 Å². The van der Waals surface area contributed by atoms with E-state index in [0.29, 0.717) is 11.3 Å². The van der Waals surface area contributed by atoms with Gasteiger partial charge in [0.05, 0.1) is 54.2 Å². The maximum absolute atomic E-state index is 12.9. The Morgan fingerprint density at radius 1 is 0.365 bits per heavy atom. The van der Waals surface area contributed by atoms with Crippen LogP contribution in [0.1, 0.15) is 50.1 Å². The molecule has 0 saturated carbocycles. The monoisotopic (exact) mass is 873 g/mol. The number of para-hydroxylation sites is 1. The zero-order chi connectivity index (χ0) is 45.9. The number of nitriles is 3. The van der Waals surface area contributed by atoms with Gasteiger partial charge in [-0.2, -0.15) is 55.3 Å². The summed E-state index contributed by atoms with van der Waals surface area (Å²) in [6.07, 6.45) is -12.5. The Morgan fingerprint density at radius 3 is 1.19 bits per heavy atom. The number of benzene rings is 6. The quantitative estimate of drug-likeness (QED) is 0.114. The van der Waals surface area contributed by atoms with Crippen LogP contribution in [0.15, 0.2) is 146 Å². The minimum Gasteiger partial charge on any atom is -0.489 e. The Bertz CT molecular complexity index is 2520. The molecule has 15 heteroatoms. The minimum atomic E-state index is -4.46. The fourth-order valence-corrected chi connectivity index (χ4v) is 5.67. The molecule has 63 heavy (non-hydrogen) atoms. The van der Waals surface area contributed by atoms with Crippen molar-refractivity contribution in [2.24, 2.45) is 0 Å². The molecule has 0 aliphatic heterocycles. The normalized spacial score (nSPS) is 11.0. The molecule has 0 saturated heterocycles. The van der Waals surface area contributed by atoms with Crippen LogP contribution in [0.25, 0.3) is 0 Å². The molecule has 6 aromatic rings. The largest absolute Gasteiger partial charge is 0.489 e. The maximum atomic E-state index is 12.9. The van der Waals surface area contributed by atoms with Crippen molar-refractivity contribution in [1.29, 1.82) is 15.8 Å². The SMILES string of the molecule is N#CCc1ccccc1COc1ccc(C(F)(F)F)cc1.N#CCc1ccccc1COc1cccc(C(F)(F)F)c1.N#CCc1ccccc1COc1ccccc1C(F)(F)F. The molecule has 0 bridgehead atoms. The summed E-state index contributed by atoms with van der Waals surface area (Å²) in [7, 11) is 0. The highest BCUT2D eigenvalue weighted by atomic mass is 19.4. The molecule has 0 aliphatic carbocycles. The van der Waals surface area contributed by atoms with Gasteiger partial charge in [0.25, 0.3) is 0 Å². The number of hydrogen-bond donors (Lipinski definition) is 0. The van der Waals surface area contributed by atoms with E-state index in [2.05, 4.69) is 6.07 Å². The fraction of sp³-hybridized carbons (Fsp3) is 0.188. The van der Waals surface area contributed by atoms with Crippen molar-refractivity contribution in [1.82, 2.24) is 0 Å². The molecule has 0 amide bonds. The summed E-state index contributed by atoms with van der Waals surface area (Å²) in [5.41, 5.74) is 2.50. The van der Waals surface area contributed by atoms with Crippen LogP contribution in [-0.4, -0.2) is 0 Å². The third kappa shape index (κ3) is 15.5. The summed E-state index contributed by atoms with van der Waals surface area (Å²) >= 11 is 0. The first-order valence-corrected chi connectivity index (χ1v) is 18.7. The van der Waals surface area contributed by atoms with Crippen LogP contribution in [0.5, 0.6) is 17.2 Å². The van der Waals surface area contributed by atoms with E-state index in [9.17, 15) is 39.5 Å². The molecule has 0 spiro atoms. The lowest BCUT2D eigenvalue weighted by Gasteiger charge is -2.14. The molecule has 6 aromatic carbocycles. The average molecular weight is 874 g/mol. The summed E-state index contributed by atoms with van der Waals surface area (Å²) in [5, 5.41) is 26.2. The van der Waals surface area contributed by atoms with Gasteiger partial charge in [-0.3, -0.25) is 0 Å². The van der Waals surface area contributed by atoms with Crippen molar-refractivity contribution in [3.63, 3.8) is 0 Å². The number of ether oxygens (including phenoxy) is 3. The average Bonchev–Trinajstić information content (AvgIpc) is 3.26. The number of halogens is 9. The van der Waals surface area contributed by atoms with Crippen molar-refractivity contribution in [3.8, 4) is 35.5 Å². The Hall–Kier alpha value is -7.44. The van der Waals surface area contributed by atoms with E-state index in [-0.39, 0.29) is 50.6 Å². The lowest BCUT2D eigenvalue weighted by Crippen LogP contribution is -2.09. The number of hydrogen-bond acceptors (Lipinski definition) is 6. The number of alkyl halides is 9. The van der Waals surface area contributed by atoms with Crippen molar-refractivity contribution < 1.29 is 53.7 Å². The Balaban J connectivity index is 0.000000207. The van der Waals surface area contributed by atoms with Crippen LogP contribution < -0.4 is 14.2 Å². The van der Waals surface area contributed by atoms with E-state index in [1.165, 1.54) is 42.5 Å². The van der Waals surface area contributed by atoms with Gasteiger partial charge in [-0.15, -0.1) is 0 Å². The second-order valence-corrected chi connectivity index (χ2v) is 13.2. The molecule has 0 aromatic heterocycles. The molecule has 0 atom stereocenters. The highest BCUT2D eigenvalue weighted by molar-refractivity contribution is 5.37. The zero-order valence-electron chi connectivity index (χ0n) is 33.1. The third-order valence-electron chi connectivity index (χ3n) is 8.87. The molecule has 6 rings (SSSR count). The van der Waals surface area contributed by atoms with Gasteiger partial charge >= 0.3 is 18.5 Å². The topological polar surface area (TPSA) is 99.1 Å². The van der Waals surface area contributed by atoms with Crippen LogP contribution >= 0.6 is 0 Å². The smallest absolute Gasteiger partial charge is 0.419 e. The second kappa shape index (κ2) is 23.0. The van der Waals surface area contributed by atoms with Crippen LogP contribution in [0.4, 0.5) is 39.5 Å². The summed E-state index contributed by atoms with van der Waals surface area (Å²) < 4.78 is 130. The summed E-state index contributed by atoms with van der Waals surface area (Å²) in [5.74, 6) is 0.295. The lowest BCUT2D eigenvalue weighted by molar-refractivity contribution is -0.139. The molecule has 0 unspecified atom stereocenters. The Labute approximate surface area is 357 Å². The molecule has 0 heterocycles. The Kier molecular flexibility index (Phi) is 17.6. The van der Waals surface area contributed by atoms with Crippen LogP contribution in [-0.2, 0) is 57.6 Å². The molecule has 6 nitrogen and oxygen atoms in total. The molecular weight excluding hydrogens is 838 g/mol. The van der Waals surface area contributed by atoms with E-state index in [0.717, 1.165) is 58.1 Å².